The number of carbonyl (C=O) groups excluding carboxylic acids is 1. The molecule has 2 fully saturated rings. The minimum absolute atomic E-state index is 0.00394. The molecule has 20 heavy (non-hydrogen) atoms. The second-order valence-corrected chi connectivity index (χ2v) is 5.32. The third-order valence-corrected chi connectivity index (χ3v) is 4.32. The first-order valence-electron chi connectivity index (χ1n) is 6.99. The molecule has 2 aliphatic rings. The fourth-order valence-corrected chi connectivity index (χ4v) is 3.16. The quantitative estimate of drug-likeness (QED) is 0.899. The van der Waals surface area contributed by atoms with Crippen molar-refractivity contribution >= 4 is 5.91 Å². The third kappa shape index (κ3) is 2.02. The van der Waals surface area contributed by atoms with E-state index in [1.54, 1.807) is 26.4 Å². The van der Waals surface area contributed by atoms with Gasteiger partial charge in [0.15, 0.2) is 0 Å². The van der Waals surface area contributed by atoms with Crippen molar-refractivity contribution in [1.29, 1.82) is 0 Å². The molecule has 0 saturated carbocycles. The summed E-state index contributed by atoms with van der Waals surface area (Å²) in [4.78, 5) is 14.7. The fourth-order valence-electron chi connectivity index (χ4n) is 3.16. The minimum Gasteiger partial charge on any atom is -0.496 e. The fraction of sp³-hybridized carbons (Fsp3) is 0.533. The van der Waals surface area contributed by atoms with E-state index in [-0.39, 0.29) is 5.91 Å². The molecular formula is C15H20N2O3. The number of nitrogens with zero attached hydrogens (tertiary/aromatic N) is 1. The number of hydrogen-bond donors (Lipinski definition) is 1. The van der Waals surface area contributed by atoms with Gasteiger partial charge in [-0.05, 0) is 31.0 Å². The molecule has 2 saturated heterocycles. The maximum Gasteiger partial charge on any atom is 0.261 e. The summed E-state index contributed by atoms with van der Waals surface area (Å²) in [5.41, 5.74) is 0.529. The predicted octanol–water partition coefficient (Wildman–Crippen LogP) is 1.14. The number of rotatable bonds is 3. The lowest BCUT2D eigenvalue weighted by Crippen LogP contribution is -2.65. The zero-order valence-corrected chi connectivity index (χ0v) is 11.9. The van der Waals surface area contributed by atoms with Crippen LogP contribution >= 0.6 is 0 Å². The Bertz CT molecular complexity index is 496. The van der Waals surface area contributed by atoms with Crippen LogP contribution in [0.4, 0.5) is 0 Å². The van der Waals surface area contributed by atoms with Crippen molar-refractivity contribution in [3.63, 3.8) is 0 Å². The summed E-state index contributed by atoms with van der Waals surface area (Å²) in [6.45, 7) is 2.78. The number of carbonyl (C=O) groups is 1. The molecule has 1 N–H and O–H groups in total. The molecule has 108 valence electrons. The average molecular weight is 276 g/mol. The van der Waals surface area contributed by atoms with Crippen molar-refractivity contribution in [2.45, 2.75) is 12.5 Å². The summed E-state index contributed by atoms with van der Waals surface area (Å²) >= 11 is 0. The number of hydrogen-bond acceptors (Lipinski definition) is 4. The first-order valence-corrected chi connectivity index (χ1v) is 6.99. The van der Waals surface area contributed by atoms with Crippen LogP contribution in [0.15, 0.2) is 18.2 Å². The van der Waals surface area contributed by atoms with Crippen LogP contribution in [-0.2, 0) is 0 Å². The van der Waals surface area contributed by atoms with Gasteiger partial charge >= 0.3 is 0 Å². The summed E-state index contributed by atoms with van der Waals surface area (Å²) in [5.74, 6) is 1.79. The molecule has 1 aromatic carbocycles. The van der Waals surface area contributed by atoms with E-state index in [9.17, 15) is 4.79 Å². The molecule has 0 radical (unpaired) electrons. The molecule has 0 aromatic heterocycles. The Labute approximate surface area is 118 Å². The maximum absolute atomic E-state index is 12.8. The van der Waals surface area contributed by atoms with E-state index in [4.69, 9.17) is 9.47 Å². The van der Waals surface area contributed by atoms with Crippen LogP contribution < -0.4 is 14.8 Å². The van der Waals surface area contributed by atoms with Crippen LogP contribution in [0.1, 0.15) is 16.8 Å². The van der Waals surface area contributed by atoms with E-state index < -0.39 is 0 Å². The zero-order chi connectivity index (χ0) is 14.1. The van der Waals surface area contributed by atoms with Crippen LogP contribution in [0.25, 0.3) is 0 Å². The van der Waals surface area contributed by atoms with E-state index in [1.165, 1.54) is 0 Å². The Kier molecular flexibility index (Phi) is 3.53. The Morgan fingerprint density at radius 1 is 1.30 bits per heavy atom. The number of benzene rings is 1. The van der Waals surface area contributed by atoms with Gasteiger partial charge in [0.1, 0.15) is 17.1 Å². The molecule has 2 unspecified atom stereocenters. The van der Waals surface area contributed by atoms with E-state index in [0.29, 0.717) is 29.0 Å². The second-order valence-electron chi connectivity index (χ2n) is 5.32. The van der Waals surface area contributed by atoms with Crippen molar-refractivity contribution in [2.75, 3.05) is 33.9 Å². The maximum atomic E-state index is 12.8. The van der Waals surface area contributed by atoms with Gasteiger partial charge in [0, 0.05) is 19.1 Å². The Hall–Kier alpha value is -1.75. The lowest BCUT2D eigenvalue weighted by atomic mass is 9.82. The highest BCUT2D eigenvalue weighted by Gasteiger charge is 2.44. The molecule has 2 aliphatic heterocycles. The second kappa shape index (κ2) is 5.32. The van der Waals surface area contributed by atoms with Crippen molar-refractivity contribution in [3.8, 4) is 11.5 Å². The summed E-state index contributed by atoms with van der Waals surface area (Å²) in [6, 6.07) is 5.74. The van der Waals surface area contributed by atoms with Gasteiger partial charge in [0.2, 0.25) is 0 Å². The number of likely N-dealkylation sites (tertiary alicyclic amines) is 1. The Morgan fingerprint density at radius 3 is 2.60 bits per heavy atom. The standard InChI is InChI=1S/C15H20N2O3/c1-19-12-4-3-5-13(20-2)14(12)15(18)17-9-10-6-7-16-8-11(10)17/h3-5,10-11,16H,6-9H2,1-2H3. The molecule has 1 aromatic rings. The Morgan fingerprint density at radius 2 is 2.00 bits per heavy atom. The highest BCUT2D eigenvalue weighted by molar-refractivity contribution is 6.00. The largest absolute Gasteiger partial charge is 0.496 e. The van der Waals surface area contributed by atoms with Crippen molar-refractivity contribution in [2.24, 2.45) is 5.92 Å². The molecule has 3 rings (SSSR count). The van der Waals surface area contributed by atoms with Gasteiger partial charge < -0.3 is 19.7 Å². The molecule has 1 amide bonds. The normalized spacial score (nSPS) is 24.6. The average Bonchev–Trinajstić information content (AvgIpc) is 2.47. The number of nitrogens with one attached hydrogen (secondary N) is 1. The molecular weight excluding hydrogens is 256 g/mol. The van der Waals surface area contributed by atoms with Crippen molar-refractivity contribution < 1.29 is 14.3 Å². The zero-order valence-electron chi connectivity index (χ0n) is 11.9. The van der Waals surface area contributed by atoms with Gasteiger partial charge in [0.25, 0.3) is 5.91 Å². The summed E-state index contributed by atoms with van der Waals surface area (Å²) in [7, 11) is 3.15. The van der Waals surface area contributed by atoms with Gasteiger partial charge in [-0.15, -0.1) is 0 Å². The van der Waals surface area contributed by atoms with E-state index >= 15 is 0 Å². The molecule has 0 aliphatic carbocycles. The van der Waals surface area contributed by atoms with Gasteiger partial charge in [0.05, 0.1) is 14.2 Å². The summed E-state index contributed by atoms with van der Waals surface area (Å²) in [5, 5.41) is 3.35. The Balaban J connectivity index is 1.87. The van der Waals surface area contributed by atoms with Crippen LogP contribution in [0.3, 0.4) is 0 Å². The third-order valence-electron chi connectivity index (χ3n) is 4.32. The van der Waals surface area contributed by atoms with Crippen molar-refractivity contribution in [1.82, 2.24) is 10.2 Å². The van der Waals surface area contributed by atoms with Crippen molar-refractivity contribution in [3.05, 3.63) is 23.8 Å². The van der Waals surface area contributed by atoms with Gasteiger partial charge in [-0.1, -0.05) is 6.07 Å². The minimum atomic E-state index is 0.00394. The lowest BCUT2D eigenvalue weighted by Gasteiger charge is -2.51. The van der Waals surface area contributed by atoms with Gasteiger partial charge in [-0.25, -0.2) is 0 Å². The predicted molar refractivity (Wildman–Crippen MR) is 75.3 cm³/mol. The topological polar surface area (TPSA) is 50.8 Å². The summed E-state index contributed by atoms with van der Waals surface area (Å²) < 4.78 is 10.6. The monoisotopic (exact) mass is 276 g/mol. The highest BCUT2D eigenvalue weighted by Crippen LogP contribution is 2.36. The molecule has 5 heteroatoms. The van der Waals surface area contributed by atoms with Gasteiger partial charge in [-0.2, -0.15) is 0 Å². The number of ether oxygens (including phenoxy) is 2. The summed E-state index contributed by atoms with van der Waals surface area (Å²) in [6.07, 6.45) is 1.15. The number of piperidine rings is 1. The highest BCUT2D eigenvalue weighted by atomic mass is 16.5. The number of amides is 1. The molecule has 2 atom stereocenters. The smallest absolute Gasteiger partial charge is 0.261 e. The number of fused-ring (bicyclic) bond motifs is 1. The first kappa shape index (κ1) is 13.2. The molecule has 0 spiro atoms. The van der Waals surface area contributed by atoms with Gasteiger partial charge in [-0.3, -0.25) is 4.79 Å². The molecule has 5 nitrogen and oxygen atoms in total. The van der Waals surface area contributed by atoms with E-state index in [1.807, 2.05) is 11.0 Å². The van der Waals surface area contributed by atoms with Crippen LogP contribution in [-0.4, -0.2) is 50.7 Å². The van der Waals surface area contributed by atoms with E-state index in [2.05, 4.69) is 5.32 Å². The van der Waals surface area contributed by atoms with Crippen LogP contribution in [0, 0.1) is 5.92 Å². The SMILES string of the molecule is COc1cccc(OC)c1C(=O)N1CC2CCNCC21. The number of methoxy groups -OCH3 is 2. The first-order chi connectivity index (χ1) is 9.76. The van der Waals surface area contributed by atoms with Crippen LogP contribution in [0.5, 0.6) is 11.5 Å². The van der Waals surface area contributed by atoms with Crippen LogP contribution in [0.2, 0.25) is 0 Å². The lowest BCUT2D eigenvalue weighted by molar-refractivity contribution is 0.00236. The molecule has 2 heterocycles. The molecule has 0 bridgehead atoms. The van der Waals surface area contributed by atoms with E-state index in [0.717, 1.165) is 26.1 Å².